The van der Waals surface area contributed by atoms with Gasteiger partial charge in [0.2, 0.25) is 0 Å². The molecule has 0 rings (SSSR count). The first-order valence-corrected chi connectivity index (χ1v) is 19.7. The number of hydrogen-bond acceptors (Lipinski definition) is 9. The third kappa shape index (κ3) is 32.4. The number of carboxylic acids is 1. The number of carbonyl (C=O) groups excluding carboxylic acids is 2. The molecular formula is C37H64NO10P. The molecule has 0 bridgehead atoms. The van der Waals surface area contributed by atoms with Gasteiger partial charge in [0.05, 0.1) is 13.2 Å². The first-order chi connectivity index (χ1) is 23.6. The maximum Gasteiger partial charge on any atom is 0.472 e. The van der Waals surface area contributed by atoms with E-state index in [9.17, 15) is 23.8 Å². The number of unbranched alkanes of at least 4 members (excludes halogenated alkanes) is 11. The molecule has 0 aromatic carbocycles. The first kappa shape index (κ1) is 46.4. The Morgan fingerprint density at radius 2 is 1.10 bits per heavy atom. The van der Waals surface area contributed by atoms with Gasteiger partial charge in [-0.3, -0.25) is 23.4 Å². The van der Waals surface area contributed by atoms with Gasteiger partial charge in [-0.05, 0) is 51.4 Å². The van der Waals surface area contributed by atoms with Gasteiger partial charge in [0.15, 0.2) is 6.10 Å². The van der Waals surface area contributed by atoms with Crippen molar-refractivity contribution in [2.45, 2.75) is 148 Å². The van der Waals surface area contributed by atoms with Crippen molar-refractivity contribution >= 4 is 25.7 Å². The summed E-state index contributed by atoms with van der Waals surface area (Å²) >= 11 is 0. The second-order valence-corrected chi connectivity index (χ2v) is 13.5. The van der Waals surface area contributed by atoms with E-state index in [1.165, 1.54) is 44.9 Å². The van der Waals surface area contributed by atoms with Gasteiger partial charge in [-0.25, -0.2) is 4.57 Å². The summed E-state index contributed by atoms with van der Waals surface area (Å²) in [6.07, 6.45) is 33.5. The maximum absolute atomic E-state index is 12.5. The number of aliphatic carboxylic acids is 1. The highest BCUT2D eigenvalue weighted by molar-refractivity contribution is 7.47. The number of carboxylic acid groups (broad SMARTS) is 1. The van der Waals surface area contributed by atoms with E-state index in [2.05, 4.69) is 54.8 Å². The summed E-state index contributed by atoms with van der Waals surface area (Å²) in [5, 5.41) is 8.83. The van der Waals surface area contributed by atoms with E-state index in [0.29, 0.717) is 19.3 Å². The molecule has 282 valence electrons. The maximum atomic E-state index is 12.5. The van der Waals surface area contributed by atoms with Crippen LogP contribution in [-0.2, 0) is 37.5 Å². The number of hydrogen-bond donors (Lipinski definition) is 3. The Hall–Kier alpha value is -2.56. The van der Waals surface area contributed by atoms with Crippen LogP contribution in [-0.4, -0.2) is 59.9 Å². The number of rotatable bonds is 33. The normalized spacial score (nSPS) is 14.5. The Balaban J connectivity index is 4.51. The molecule has 0 radical (unpaired) electrons. The molecule has 0 heterocycles. The molecule has 3 atom stereocenters. The van der Waals surface area contributed by atoms with Crippen molar-refractivity contribution in [3.8, 4) is 0 Å². The summed E-state index contributed by atoms with van der Waals surface area (Å²) in [4.78, 5) is 45.5. The topological polar surface area (TPSA) is 172 Å². The fourth-order valence-electron chi connectivity index (χ4n) is 4.41. The summed E-state index contributed by atoms with van der Waals surface area (Å²) in [5.41, 5.74) is 5.30. The van der Waals surface area contributed by atoms with Crippen molar-refractivity contribution in [2.24, 2.45) is 5.73 Å². The molecule has 0 saturated carbocycles. The van der Waals surface area contributed by atoms with Crippen LogP contribution in [0.4, 0.5) is 0 Å². The quantitative estimate of drug-likeness (QED) is 0.0257. The predicted molar refractivity (Wildman–Crippen MR) is 194 cm³/mol. The van der Waals surface area contributed by atoms with Crippen LogP contribution >= 0.6 is 7.82 Å². The van der Waals surface area contributed by atoms with Crippen LogP contribution in [0.3, 0.4) is 0 Å². The molecule has 12 heteroatoms. The lowest BCUT2D eigenvalue weighted by molar-refractivity contribution is -0.161. The van der Waals surface area contributed by atoms with Gasteiger partial charge in [0.1, 0.15) is 12.6 Å². The van der Waals surface area contributed by atoms with E-state index in [-0.39, 0.29) is 19.4 Å². The number of allylic oxidation sites excluding steroid dienone is 8. The Morgan fingerprint density at radius 1 is 0.633 bits per heavy atom. The number of esters is 2. The van der Waals surface area contributed by atoms with Crippen LogP contribution in [0.15, 0.2) is 48.6 Å². The molecule has 0 saturated heterocycles. The zero-order valence-electron chi connectivity index (χ0n) is 30.0. The van der Waals surface area contributed by atoms with E-state index in [0.717, 1.165) is 44.9 Å². The number of carbonyl (C=O) groups is 3. The largest absolute Gasteiger partial charge is 0.480 e. The molecule has 0 fully saturated rings. The van der Waals surface area contributed by atoms with Crippen LogP contribution in [0.5, 0.6) is 0 Å². The Morgan fingerprint density at radius 3 is 1.67 bits per heavy atom. The van der Waals surface area contributed by atoms with Crippen LogP contribution in [0, 0.1) is 0 Å². The van der Waals surface area contributed by atoms with E-state index < -0.39 is 51.1 Å². The van der Waals surface area contributed by atoms with Crippen molar-refractivity contribution in [3.05, 3.63) is 48.6 Å². The molecule has 0 spiro atoms. The fraction of sp³-hybridized carbons (Fsp3) is 0.703. The molecule has 4 N–H and O–H groups in total. The van der Waals surface area contributed by atoms with Gasteiger partial charge in [0.25, 0.3) is 0 Å². The summed E-state index contributed by atoms with van der Waals surface area (Å²) in [5.74, 6) is -2.46. The Bertz CT molecular complexity index is 1030. The average Bonchev–Trinajstić information content (AvgIpc) is 3.07. The van der Waals surface area contributed by atoms with Gasteiger partial charge in [-0.1, -0.05) is 120 Å². The minimum atomic E-state index is -4.71. The minimum absolute atomic E-state index is 0.145. The number of ether oxygens (including phenoxy) is 2. The van der Waals surface area contributed by atoms with Gasteiger partial charge in [-0.15, -0.1) is 0 Å². The fourth-order valence-corrected chi connectivity index (χ4v) is 5.19. The van der Waals surface area contributed by atoms with Crippen LogP contribution in [0.25, 0.3) is 0 Å². The molecule has 0 aliphatic rings. The molecule has 49 heavy (non-hydrogen) atoms. The van der Waals surface area contributed by atoms with E-state index in [1.54, 1.807) is 0 Å². The monoisotopic (exact) mass is 713 g/mol. The predicted octanol–water partition coefficient (Wildman–Crippen LogP) is 8.66. The van der Waals surface area contributed by atoms with Crippen molar-refractivity contribution in [2.75, 3.05) is 19.8 Å². The van der Waals surface area contributed by atoms with Crippen LogP contribution in [0.1, 0.15) is 136 Å². The minimum Gasteiger partial charge on any atom is -0.480 e. The second kappa shape index (κ2) is 32.6. The highest BCUT2D eigenvalue weighted by Crippen LogP contribution is 2.43. The van der Waals surface area contributed by atoms with Crippen molar-refractivity contribution < 1.29 is 47.5 Å². The second-order valence-electron chi connectivity index (χ2n) is 12.0. The van der Waals surface area contributed by atoms with E-state index >= 15 is 0 Å². The van der Waals surface area contributed by atoms with Crippen LogP contribution in [0.2, 0.25) is 0 Å². The number of phosphoric acid groups is 1. The number of phosphoric ester groups is 1. The zero-order valence-corrected chi connectivity index (χ0v) is 30.9. The molecule has 0 aromatic heterocycles. The van der Waals surface area contributed by atoms with Gasteiger partial charge in [-0.2, -0.15) is 0 Å². The van der Waals surface area contributed by atoms with Crippen molar-refractivity contribution in [1.29, 1.82) is 0 Å². The van der Waals surface area contributed by atoms with E-state index in [4.69, 9.17) is 24.8 Å². The van der Waals surface area contributed by atoms with Gasteiger partial charge < -0.3 is 25.2 Å². The molecular weight excluding hydrogens is 649 g/mol. The van der Waals surface area contributed by atoms with Crippen molar-refractivity contribution in [1.82, 2.24) is 0 Å². The summed E-state index contributed by atoms with van der Waals surface area (Å²) in [6, 6.07) is -1.53. The average molecular weight is 714 g/mol. The first-order valence-electron chi connectivity index (χ1n) is 18.2. The Kier molecular flexibility index (Phi) is 30.9. The lowest BCUT2D eigenvalue weighted by Gasteiger charge is -2.20. The standard InChI is InChI=1S/C37H64NO10P/c1-3-5-7-9-11-13-14-15-16-17-18-19-20-21-23-24-26-28-35(39)45-30-33(31-46-49(43,44)47-32-34(38)37(41)42)48-36(40)29-27-25-22-12-10-8-6-4-2/h11,13,15-16,18-19,21,23,33-34H,3-10,12,14,17,20,22,24-32,38H2,1-2H3,(H,41,42)(H,43,44)/b13-11+,16-15+,19-18+,23-21+/t33-,34+/m0/s1. The summed E-state index contributed by atoms with van der Waals surface area (Å²) in [6.45, 7) is 2.64. The van der Waals surface area contributed by atoms with Crippen molar-refractivity contribution in [3.63, 3.8) is 0 Å². The number of nitrogens with two attached hydrogens (primary N) is 1. The highest BCUT2D eigenvalue weighted by atomic mass is 31.2. The Labute approximate surface area is 295 Å². The van der Waals surface area contributed by atoms with E-state index in [1.807, 2.05) is 12.2 Å². The molecule has 0 aliphatic heterocycles. The summed E-state index contributed by atoms with van der Waals surface area (Å²) in [7, 11) is -4.71. The lowest BCUT2D eigenvalue weighted by atomic mass is 10.1. The molecule has 11 nitrogen and oxygen atoms in total. The lowest BCUT2D eigenvalue weighted by Crippen LogP contribution is -2.34. The third-order valence-electron chi connectivity index (χ3n) is 7.33. The third-order valence-corrected chi connectivity index (χ3v) is 8.28. The SMILES string of the molecule is CCCCC/C=C/C/C=C/C/C=C/C/C=C/CCCC(=O)OC[C@@H](COP(=O)(O)OC[C@@H](N)C(=O)O)OC(=O)CCCCCCCCCC. The highest BCUT2D eigenvalue weighted by Gasteiger charge is 2.28. The summed E-state index contributed by atoms with van der Waals surface area (Å²) < 4.78 is 32.4. The smallest absolute Gasteiger partial charge is 0.472 e. The van der Waals surface area contributed by atoms with Crippen LogP contribution < -0.4 is 5.73 Å². The molecule has 1 unspecified atom stereocenters. The molecule has 0 amide bonds. The molecule has 0 aliphatic carbocycles. The zero-order chi connectivity index (χ0) is 36.4. The molecule has 0 aromatic rings. The van der Waals surface area contributed by atoms with Gasteiger partial charge in [0, 0.05) is 12.8 Å². The van der Waals surface area contributed by atoms with Gasteiger partial charge >= 0.3 is 25.7 Å².